The number of nitrogens with zero attached hydrogens (tertiary/aromatic N) is 2. The summed E-state index contributed by atoms with van der Waals surface area (Å²) in [6.07, 6.45) is 1.59. The maximum Gasteiger partial charge on any atom is 0.264 e. The van der Waals surface area contributed by atoms with E-state index in [1.165, 1.54) is 32.4 Å². The number of ether oxygens (including phenoxy) is 2. The van der Waals surface area contributed by atoms with E-state index in [-0.39, 0.29) is 10.6 Å². The van der Waals surface area contributed by atoms with E-state index in [0.717, 1.165) is 31.4 Å². The Labute approximate surface area is 232 Å². The van der Waals surface area contributed by atoms with E-state index in [2.05, 4.69) is 16.6 Å². The van der Waals surface area contributed by atoms with Crippen LogP contribution in [0.5, 0.6) is 11.5 Å². The van der Waals surface area contributed by atoms with Gasteiger partial charge in [-0.05, 0) is 51.9 Å². The third-order valence-electron chi connectivity index (χ3n) is 6.47. The monoisotopic (exact) mass is 553 g/mol. The molecule has 0 fully saturated rings. The molecule has 9 heteroatoms. The number of hydrogen-bond donors (Lipinski definition) is 1. The van der Waals surface area contributed by atoms with Crippen molar-refractivity contribution in [1.29, 1.82) is 0 Å². The number of benzene rings is 5. The Hall–Kier alpha value is -4.89. The van der Waals surface area contributed by atoms with Crippen molar-refractivity contribution < 1.29 is 22.7 Å². The molecule has 0 bridgehead atoms. The predicted octanol–water partition coefficient (Wildman–Crippen LogP) is 5.36. The Bertz CT molecular complexity index is 1770. The molecule has 8 nitrogen and oxygen atoms in total. The van der Waals surface area contributed by atoms with Crippen molar-refractivity contribution >= 4 is 49.4 Å². The Balaban J connectivity index is 1.46. The zero-order valence-electron chi connectivity index (χ0n) is 21.9. The van der Waals surface area contributed by atoms with Gasteiger partial charge < -0.3 is 9.47 Å². The van der Waals surface area contributed by atoms with E-state index >= 15 is 0 Å². The summed E-state index contributed by atoms with van der Waals surface area (Å²) in [7, 11) is -1.16. The summed E-state index contributed by atoms with van der Waals surface area (Å²) in [4.78, 5) is 13.2. The minimum atomic E-state index is -4.10. The van der Waals surface area contributed by atoms with Gasteiger partial charge in [-0.25, -0.2) is 13.8 Å². The normalized spacial score (nSPS) is 11.6. The molecule has 0 saturated carbocycles. The molecular formula is C31H27N3O5S. The molecule has 0 saturated heterocycles. The molecule has 0 spiro atoms. The number of methoxy groups -OCH3 is 2. The molecule has 0 heterocycles. The summed E-state index contributed by atoms with van der Waals surface area (Å²) < 4.78 is 39.0. The second kappa shape index (κ2) is 11.5. The second-order valence-electron chi connectivity index (χ2n) is 8.89. The number of hydrazone groups is 1. The van der Waals surface area contributed by atoms with Crippen molar-refractivity contribution in [1.82, 2.24) is 5.43 Å². The van der Waals surface area contributed by atoms with Crippen molar-refractivity contribution in [2.45, 2.75) is 4.90 Å². The molecule has 0 aliphatic rings. The Morgan fingerprint density at radius 2 is 1.40 bits per heavy atom. The number of anilines is 1. The van der Waals surface area contributed by atoms with Crippen LogP contribution in [0.2, 0.25) is 0 Å². The fraction of sp³-hybridized carbons (Fsp3) is 0.0968. The average molecular weight is 554 g/mol. The maximum atomic E-state index is 13.6. The standard InChI is InChI=1S/C31H27N3O5S/c1-38-29-17-16-24(19-30(29)39-2)34(40(36,37)25-12-4-3-5-13-25)21-31(35)33-32-20-28-26-14-8-6-10-22(26)18-23-11-7-9-15-27(23)28/h3-20H,21H2,1-2H3,(H,33,35). The van der Waals surface area contributed by atoms with Gasteiger partial charge in [0.15, 0.2) is 11.5 Å². The average Bonchev–Trinajstić information content (AvgIpc) is 2.99. The van der Waals surface area contributed by atoms with Gasteiger partial charge in [0, 0.05) is 11.6 Å². The van der Waals surface area contributed by atoms with Gasteiger partial charge >= 0.3 is 0 Å². The van der Waals surface area contributed by atoms with Crippen molar-refractivity contribution in [3.63, 3.8) is 0 Å². The molecule has 40 heavy (non-hydrogen) atoms. The van der Waals surface area contributed by atoms with Gasteiger partial charge in [-0.15, -0.1) is 0 Å². The lowest BCUT2D eigenvalue weighted by Crippen LogP contribution is -2.39. The zero-order chi connectivity index (χ0) is 28.1. The van der Waals surface area contributed by atoms with Crippen molar-refractivity contribution in [2.24, 2.45) is 5.10 Å². The predicted molar refractivity (Wildman–Crippen MR) is 158 cm³/mol. The topological polar surface area (TPSA) is 97.3 Å². The lowest BCUT2D eigenvalue weighted by atomic mass is 9.97. The van der Waals surface area contributed by atoms with Crippen LogP contribution >= 0.6 is 0 Å². The molecule has 1 N–H and O–H groups in total. The number of rotatable bonds is 9. The smallest absolute Gasteiger partial charge is 0.264 e. The van der Waals surface area contributed by atoms with Crippen LogP contribution in [0, 0.1) is 0 Å². The van der Waals surface area contributed by atoms with Gasteiger partial charge in [0.25, 0.3) is 15.9 Å². The van der Waals surface area contributed by atoms with Crippen LogP contribution in [-0.4, -0.2) is 41.3 Å². The molecule has 202 valence electrons. The van der Waals surface area contributed by atoms with E-state index in [1.54, 1.807) is 36.5 Å². The Morgan fingerprint density at radius 3 is 2.02 bits per heavy atom. The van der Waals surface area contributed by atoms with E-state index in [4.69, 9.17) is 9.47 Å². The molecule has 1 amide bonds. The van der Waals surface area contributed by atoms with Crippen LogP contribution in [0.3, 0.4) is 0 Å². The number of carbonyl (C=O) groups excluding carboxylic acids is 1. The van der Waals surface area contributed by atoms with E-state index in [0.29, 0.717) is 11.5 Å². The number of fused-ring (bicyclic) bond motifs is 2. The Morgan fingerprint density at radius 1 is 0.800 bits per heavy atom. The third-order valence-corrected chi connectivity index (χ3v) is 8.26. The minimum Gasteiger partial charge on any atom is -0.493 e. The summed E-state index contributed by atoms with van der Waals surface area (Å²) in [6.45, 7) is -0.514. The lowest BCUT2D eigenvalue weighted by Gasteiger charge is -2.24. The molecular weight excluding hydrogens is 526 g/mol. The van der Waals surface area contributed by atoms with Gasteiger partial charge in [-0.2, -0.15) is 5.10 Å². The number of nitrogens with one attached hydrogen (secondary N) is 1. The first-order valence-corrected chi connectivity index (χ1v) is 13.9. The molecule has 0 atom stereocenters. The highest BCUT2D eigenvalue weighted by molar-refractivity contribution is 7.92. The fourth-order valence-corrected chi connectivity index (χ4v) is 5.97. The van der Waals surface area contributed by atoms with E-state index < -0.39 is 22.5 Å². The second-order valence-corrected chi connectivity index (χ2v) is 10.8. The van der Waals surface area contributed by atoms with Crippen LogP contribution in [0.25, 0.3) is 21.5 Å². The van der Waals surface area contributed by atoms with Crippen molar-refractivity contribution in [3.8, 4) is 11.5 Å². The number of carbonyl (C=O) groups is 1. The fourth-order valence-electron chi connectivity index (χ4n) is 4.54. The van der Waals surface area contributed by atoms with Crippen molar-refractivity contribution in [3.05, 3.63) is 109 Å². The van der Waals surface area contributed by atoms with Gasteiger partial charge in [0.05, 0.1) is 31.0 Å². The molecule has 0 radical (unpaired) electrons. The van der Waals surface area contributed by atoms with Gasteiger partial charge in [0.2, 0.25) is 0 Å². The van der Waals surface area contributed by atoms with Crippen LogP contribution < -0.4 is 19.2 Å². The summed E-state index contributed by atoms with van der Waals surface area (Å²) in [5, 5.41) is 8.27. The maximum absolute atomic E-state index is 13.6. The number of hydrogen-bond acceptors (Lipinski definition) is 6. The molecule has 5 aromatic carbocycles. The quantitative estimate of drug-likeness (QED) is 0.151. The first-order chi connectivity index (χ1) is 19.4. The van der Waals surface area contributed by atoms with Gasteiger partial charge in [0.1, 0.15) is 6.54 Å². The highest BCUT2D eigenvalue weighted by Crippen LogP contribution is 2.34. The minimum absolute atomic E-state index is 0.0447. The summed E-state index contributed by atoms with van der Waals surface area (Å²) in [5.41, 5.74) is 3.59. The molecule has 5 rings (SSSR count). The molecule has 5 aromatic rings. The van der Waals surface area contributed by atoms with E-state index in [1.807, 2.05) is 48.5 Å². The van der Waals surface area contributed by atoms with Gasteiger partial charge in [-0.1, -0.05) is 66.7 Å². The molecule has 0 aromatic heterocycles. The van der Waals surface area contributed by atoms with Crippen LogP contribution in [-0.2, 0) is 14.8 Å². The van der Waals surface area contributed by atoms with Crippen LogP contribution in [0.15, 0.2) is 113 Å². The third kappa shape index (κ3) is 5.32. The summed E-state index contributed by atoms with van der Waals surface area (Å²) in [5.74, 6) is 0.143. The van der Waals surface area contributed by atoms with E-state index in [9.17, 15) is 13.2 Å². The summed E-state index contributed by atoms with van der Waals surface area (Å²) >= 11 is 0. The SMILES string of the molecule is COc1ccc(N(CC(=O)NN=Cc2c3ccccc3cc3ccccc23)S(=O)(=O)c2ccccc2)cc1OC. The lowest BCUT2D eigenvalue weighted by molar-refractivity contribution is -0.119. The molecule has 0 aliphatic carbocycles. The largest absolute Gasteiger partial charge is 0.493 e. The number of amides is 1. The number of sulfonamides is 1. The Kier molecular flexibility index (Phi) is 7.65. The highest BCUT2D eigenvalue weighted by atomic mass is 32.2. The first kappa shape index (κ1) is 26.7. The highest BCUT2D eigenvalue weighted by Gasteiger charge is 2.28. The van der Waals surface area contributed by atoms with Crippen LogP contribution in [0.4, 0.5) is 5.69 Å². The van der Waals surface area contributed by atoms with Crippen LogP contribution in [0.1, 0.15) is 5.56 Å². The summed E-state index contributed by atoms with van der Waals surface area (Å²) in [6, 6.07) is 30.5. The van der Waals surface area contributed by atoms with Gasteiger partial charge in [-0.3, -0.25) is 9.10 Å². The first-order valence-electron chi connectivity index (χ1n) is 12.4. The van der Waals surface area contributed by atoms with Crippen molar-refractivity contribution in [2.75, 3.05) is 25.1 Å². The zero-order valence-corrected chi connectivity index (χ0v) is 22.8. The molecule has 0 aliphatic heterocycles. The molecule has 0 unspecified atom stereocenters.